The monoisotopic (exact) mass is 303 g/mol. The molecule has 5 nitrogen and oxygen atoms in total. The molecule has 0 radical (unpaired) electrons. The first-order valence-corrected chi connectivity index (χ1v) is 7.88. The van der Waals surface area contributed by atoms with Crippen molar-refractivity contribution in [2.24, 2.45) is 5.73 Å². The largest absolute Gasteiger partial charge is 0.369 e. The van der Waals surface area contributed by atoms with Gasteiger partial charge in [0.15, 0.2) is 0 Å². The highest BCUT2D eigenvalue weighted by atomic mass is 16.2. The Labute approximate surface area is 131 Å². The fraction of sp³-hybridized carbons (Fsp3) is 0.529. The Morgan fingerprint density at radius 2 is 1.86 bits per heavy atom. The first kappa shape index (κ1) is 16.5. The fourth-order valence-corrected chi connectivity index (χ4v) is 2.77. The van der Waals surface area contributed by atoms with Crippen LogP contribution in [0.5, 0.6) is 0 Å². The van der Waals surface area contributed by atoms with E-state index in [-0.39, 0.29) is 17.9 Å². The van der Waals surface area contributed by atoms with E-state index in [1.165, 1.54) is 11.1 Å². The number of carbonyl (C=O) groups is 2. The number of hydrogen-bond donors (Lipinski definition) is 2. The Morgan fingerprint density at radius 1 is 1.23 bits per heavy atom. The van der Waals surface area contributed by atoms with Gasteiger partial charge in [-0.1, -0.05) is 29.8 Å². The molecular formula is C17H25N3O2. The summed E-state index contributed by atoms with van der Waals surface area (Å²) in [5.41, 5.74) is 7.62. The maximum atomic E-state index is 12.0. The molecule has 120 valence electrons. The Bertz CT molecular complexity index is 505. The number of nitrogens with two attached hydrogens (primary N) is 1. The fourth-order valence-electron chi connectivity index (χ4n) is 2.77. The summed E-state index contributed by atoms with van der Waals surface area (Å²) in [5, 5.41) is 3.09. The van der Waals surface area contributed by atoms with Crippen molar-refractivity contribution in [3.8, 4) is 0 Å². The molecule has 0 spiro atoms. The first-order chi connectivity index (χ1) is 10.5. The summed E-state index contributed by atoms with van der Waals surface area (Å²) in [5.74, 6) is -0.186. The molecule has 1 saturated heterocycles. The molecule has 1 aliphatic rings. The first-order valence-electron chi connectivity index (χ1n) is 7.88. The highest BCUT2D eigenvalue weighted by Gasteiger charge is 2.21. The predicted molar refractivity (Wildman–Crippen MR) is 86.3 cm³/mol. The van der Waals surface area contributed by atoms with E-state index >= 15 is 0 Å². The summed E-state index contributed by atoms with van der Waals surface area (Å²) in [4.78, 5) is 24.9. The van der Waals surface area contributed by atoms with Crippen molar-refractivity contribution >= 4 is 11.8 Å². The zero-order valence-electron chi connectivity index (χ0n) is 13.2. The van der Waals surface area contributed by atoms with Crippen LogP contribution in [0.25, 0.3) is 0 Å². The number of rotatable bonds is 6. The molecule has 1 fully saturated rings. The zero-order chi connectivity index (χ0) is 15.9. The van der Waals surface area contributed by atoms with Crippen LogP contribution < -0.4 is 11.1 Å². The number of primary amides is 1. The molecule has 0 atom stereocenters. The summed E-state index contributed by atoms with van der Waals surface area (Å²) >= 11 is 0. The van der Waals surface area contributed by atoms with E-state index < -0.39 is 0 Å². The van der Waals surface area contributed by atoms with Gasteiger partial charge in [-0.05, 0) is 31.7 Å². The molecule has 5 heteroatoms. The lowest BCUT2D eigenvalue weighted by molar-refractivity contribution is -0.123. The minimum atomic E-state index is -0.291. The molecule has 1 aromatic rings. The van der Waals surface area contributed by atoms with Gasteiger partial charge in [-0.25, -0.2) is 0 Å². The van der Waals surface area contributed by atoms with Crippen LogP contribution in [0.3, 0.4) is 0 Å². The molecule has 0 unspecified atom stereocenters. The molecule has 2 rings (SSSR count). The van der Waals surface area contributed by atoms with Gasteiger partial charge in [-0.15, -0.1) is 0 Å². The van der Waals surface area contributed by atoms with Gasteiger partial charge in [-0.3, -0.25) is 14.5 Å². The van der Waals surface area contributed by atoms with E-state index in [4.69, 9.17) is 5.73 Å². The lowest BCUT2D eigenvalue weighted by Crippen LogP contribution is -2.46. The lowest BCUT2D eigenvalue weighted by atomic mass is 10.0. The van der Waals surface area contributed by atoms with Crippen LogP contribution in [-0.4, -0.2) is 42.4 Å². The van der Waals surface area contributed by atoms with E-state index in [0.717, 1.165) is 32.4 Å². The van der Waals surface area contributed by atoms with Crippen molar-refractivity contribution < 1.29 is 9.59 Å². The molecule has 22 heavy (non-hydrogen) atoms. The van der Waals surface area contributed by atoms with E-state index in [1.54, 1.807) is 0 Å². The number of benzene rings is 1. The molecule has 1 aliphatic heterocycles. The number of likely N-dealkylation sites (tertiary alicyclic amines) is 1. The van der Waals surface area contributed by atoms with Crippen molar-refractivity contribution in [1.82, 2.24) is 10.2 Å². The van der Waals surface area contributed by atoms with Gasteiger partial charge < -0.3 is 11.1 Å². The van der Waals surface area contributed by atoms with Crippen molar-refractivity contribution in [1.29, 1.82) is 0 Å². The van der Waals surface area contributed by atoms with Gasteiger partial charge in [-0.2, -0.15) is 0 Å². The third-order valence-corrected chi connectivity index (χ3v) is 4.09. The third kappa shape index (κ3) is 5.48. The molecule has 0 saturated carbocycles. The quantitative estimate of drug-likeness (QED) is 0.823. The number of aryl methyl sites for hydroxylation is 2. The minimum absolute atomic E-state index is 0.105. The summed E-state index contributed by atoms with van der Waals surface area (Å²) in [6.45, 7) is 3.99. The maximum Gasteiger partial charge on any atom is 0.231 e. The second kappa shape index (κ2) is 7.94. The van der Waals surface area contributed by atoms with E-state index in [0.29, 0.717) is 13.0 Å². The Balaban J connectivity index is 1.67. The standard InChI is InChI=1S/C17H25N3O2/c1-13-2-4-14(5-3-13)6-7-17(22)19-15-8-10-20(11-9-15)12-16(18)21/h2-5,15H,6-12H2,1H3,(H2,18,21)(H,19,22). The Hall–Kier alpha value is -1.88. The molecule has 0 aromatic heterocycles. The SMILES string of the molecule is Cc1ccc(CCC(=O)NC2CCN(CC(N)=O)CC2)cc1. The lowest BCUT2D eigenvalue weighted by Gasteiger charge is -2.31. The van der Waals surface area contributed by atoms with Gasteiger partial charge in [0.25, 0.3) is 0 Å². The molecular weight excluding hydrogens is 278 g/mol. The summed E-state index contributed by atoms with van der Waals surface area (Å²) in [6, 6.07) is 8.51. The molecule has 0 aliphatic carbocycles. The average Bonchev–Trinajstić information content (AvgIpc) is 2.48. The zero-order valence-corrected chi connectivity index (χ0v) is 13.2. The highest BCUT2D eigenvalue weighted by molar-refractivity contribution is 5.76. The van der Waals surface area contributed by atoms with Gasteiger partial charge in [0.05, 0.1) is 6.54 Å². The molecule has 3 N–H and O–H groups in total. The summed E-state index contributed by atoms with van der Waals surface area (Å²) < 4.78 is 0. The molecule has 1 heterocycles. The molecule has 1 aromatic carbocycles. The predicted octanol–water partition coefficient (Wildman–Crippen LogP) is 0.994. The number of hydrogen-bond acceptors (Lipinski definition) is 3. The van der Waals surface area contributed by atoms with Crippen LogP contribution in [0.15, 0.2) is 24.3 Å². The van der Waals surface area contributed by atoms with Gasteiger partial charge in [0, 0.05) is 25.6 Å². The molecule has 0 bridgehead atoms. The van der Waals surface area contributed by atoms with Crippen molar-refractivity contribution in [3.63, 3.8) is 0 Å². The van der Waals surface area contributed by atoms with E-state index in [9.17, 15) is 9.59 Å². The van der Waals surface area contributed by atoms with Gasteiger partial charge in [0.2, 0.25) is 11.8 Å². The van der Waals surface area contributed by atoms with Gasteiger partial charge >= 0.3 is 0 Å². The third-order valence-electron chi connectivity index (χ3n) is 4.09. The Kier molecular flexibility index (Phi) is 5.95. The van der Waals surface area contributed by atoms with Crippen LogP contribution >= 0.6 is 0 Å². The van der Waals surface area contributed by atoms with Gasteiger partial charge in [0.1, 0.15) is 0 Å². The topological polar surface area (TPSA) is 75.4 Å². The summed E-state index contributed by atoms with van der Waals surface area (Å²) in [7, 11) is 0. The minimum Gasteiger partial charge on any atom is -0.369 e. The number of piperidine rings is 1. The number of nitrogens with one attached hydrogen (secondary N) is 1. The Morgan fingerprint density at radius 3 is 2.45 bits per heavy atom. The van der Waals surface area contributed by atoms with Crippen LogP contribution in [0, 0.1) is 6.92 Å². The maximum absolute atomic E-state index is 12.0. The van der Waals surface area contributed by atoms with Crippen molar-refractivity contribution in [2.75, 3.05) is 19.6 Å². The normalized spacial score (nSPS) is 16.4. The van der Waals surface area contributed by atoms with Crippen LogP contribution in [0.4, 0.5) is 0 Å². The number of nitrogens with zero attached hydrogens (tertiary/aromatic N) is 1. The van der Waals surface area contributed by atoms with Crippen molar-refractivity contribution in [3.05, 3.63) is 35.4 Å². The van der Waals surface area contributed by atoms with Crippen molar-refractivity contribution in [2.45, 2.75) is 38.6 Å². The highest BCUT2D eigenvalue weighted by Crippen LogP contribution is 2.11. The molecule has 2 amide bonds. The smallest absolute Gasteiger partial charge is 0.231 e. The van der Waals surface area contributed by atoms with Crippen LogP contribution in [0.2, 0.25) is 0 Å². The van der Waals surface area contributed by atoms with Crippen LogP contribution in [0.1, 0.15) is 30.4 Å². The van der Waals surface area contributed by atoms with E-state index in [1.807, 2.05) is 4.90 Å². The number of carbonyl (C=O) groups excluding carboxylic acids is 2. The second-order valence-electron chi connectivity index (χ2n) is 6.07. The van der Waals surface area contributed by atoms with Crippen LogP contribution in [-0.2, 0) is 16.0 Å². The average molecular weight is 303 g/mol. The van der Waals surface area contributed by atoms with E-state index in [2.05, 4.69) is 36.5 Å². The second-order valence-corrected chi connectivity index (χ2v) is 6.07. The summed E-state index contributed by atoms with van der Waals surface area (Å²) in [6.07, 6.45) is 3.05. The number of amides is 2.